The summed E-state index contributed by atoms with van der Waals surface area (Å²) in [5, 5.41) is 6.60. The molecule has 0 aromatic heterocycles. The van der Waals surface area contributed by atoms with Gasteiger partial charge in [0.1, 0.15) is 0 Å². The first kappa shape index (κ1) is 13.9. The second-order valence-electron chi connectivity index (χ2n) is 6.38. The average molecular weight is 252 g/mol. The Labute approximate surface area is 111 Å². The van der Waals surface area contributed by atoms with Gasteiger partial charge in [0, 0.05) is 6.04 Å². The van der Waals surface area contributed by atoms with Crippen molar-refractivity contribution in [3.05, 3.63) is 0 Å². The number of piperidine rings is 1. The standard InChI is InChI=1S/C15H28N2O/c1-11(2)12-6-5-7-13(10-12)17-15(18)14-8-3-4-9-16-14/h11-14,16H,3-10H2,1-2H3,(H,17,18). The van der Waals surface area contributed by atoms with E-state index in [4.69, 9.17) is 0 Å². The third-order valence-electron chi connectivity index (χ3n) is 4.63. The number of carbonyl (C=O) groups excluding carboxylic acids is 1. The Morgan fingerprint density at radius 1 is 1.17 bits per heavy atom. The molecule has 1 saturated heterocycles. The molecule has 18 heavy (non-hydrogen) atoms. The molecule has 0 aromatic carbocycles. The molecule has 104 valence electrons. The van der Waals surface area contributed by atoms with Crippen LogP contribution in [-0.4, -0.2) is 24.5 Å². The largest absolute Gasteiger partial charge is 0.352 e. The first-order valence-corrected chi connectivity index (χ1v) is 7.70. The molecule has 3 heteroatoms. The topological polar surface area (TPSA) is 41.1 Å². The van der Waals surface area contributed by atoms with Gasteiger partial charge in [0.15, 0.2) is 0 Å². The SMILES string of the molecule is CC(C)C1CCCC(NC(=O)C2CCCCN2)C1. The minimum atomic E-state index is 0.0678. The van der Waals surface area contributed by atoms with Gasteiger partial charge in [-0.3, -0.25) is 4.79 Å². The van der Waals surface area contributed by atoms with E-state index in [0.717, 1.165) is 24.8 Å². The first-order chi connectivity index (χ1) is 8.66. The van der Waals surface area contributed by atoms with Crippen LogP contribution in [0.25, 0.3) is 0 Å². The summed E-state index contributed by atoms with van der Waals surface area (Å²) in [6.45, 7) is 5.60. The number of amides is 1. The molecule has 2 rings (SSSR count). The van der Waals surface area contributed by atoms with Crippen molar-refractivity contribution in [2.75, 3.05) is 6.54 Å². The van der Waals surface area contributed by atoms with Gasteiger partial charge >= 0.3 is 0 Å². The van der Waals surface area contributed by atoms with Gasteiger partial charge in [-0.2, -0.15) is 0 Å². The summed E-state index contributed by atoms with van der Waals surface area (Å²) in [5.74, 6) is 1.78. The Balaban J connectivity index is 1.79. The lowest BCUT2D eigenvalue weighted by Crippen LogP contribution is -2.50. The van der Waals surface area contributed by atoms with Crippen molar-refractivity contribution >= 4 is 5.91 Å². The third kappa shape index (κ3) is 3.71. The van der Waals surface area contributed by atoms with Crippen LogP contribution >= 0.6 is 0 Å². The lowest BCUT2D eigenvalue weighted by molar-refractivity contribution is -0.124. The number of nitrogens with one attached hydrogen (secondary N) is 2. The molecule has 0 aromatic rings. The molecule has 3 atom stereocenters. The quantitative estimate of drug-likeness (QED) is 0.810. The molecule has 3 unspecified atom stereocenters. The van der Waals surface area contributed by atoms with E-state index < -0.39 is 0 Å². The van der Waals surface area contributed by atoms with Crippen LogP contribution in [0.4, 0.5) is 0 Å². The minimum absolute atomic E-state index is 0.0678. The monoisotopic (exact) mass is 252 g/mol. The number of rotatable bonds is 3. The fourth-order valence-electron chi connectivity index (χ4n) is 3.34. The smallest absolute Gasteiger partial charge is 0.237 e. The molecule has 3 nitrogen and oxygen atoms in total. The van der Waals surface area contributed by atoms with Gasteiger partial charge in [-0.25, -0.2) is 0 Å². The van der Waals surface area contributed by atoms with Crippen LogP contribution in [0.3, 0.4) is 0 Å². The fourth-order valence-corrected chi connectivity index (χ4v) is 3.34. The number of hydrogen-bond acceptors (Lipinski definition) is 2. The molecule has 0 radical (unpaired) electrons. The summed E-state index contributed by atoms with van der Waals surface area (Å²) in [7, 11) is 0. The van der Waals surface area contributed by atoms with E-state index in [1.54, 1.807) is 0 Å². The van der Waals surface area contributed by atoms with Crippen molar-refractivity contribution < 1.29 is 4.79 Å². The minimum Gasteiger partial charge on any atom is -0.352 e. The van der Waals surface area contributed by atoms with Crippen LogP contribution < -0.4 is 10.6 Å². The third-order valence-corrected chi connectivity index (χ3v) is 4.63. The van der Waals surface area contributed by atoms with E-state index in [9.17, 15) is 4.79 Å². The number of carbonyl (C=O) groups is 1. The fraction of sp³-hybridized carbons (Fsp3) is 0.933. The molecule has 1 saturated carbocycles. The molecule has 0 spiro atoms. The predicted molar refractivity (Wildman–Crippen MR) is 74.4 cm³/mol. The van der Waals surface area contributed by atoms with Crippen LogP contribution in [0.5, 0.6) is 0 Å². The van der Waals surface area contributed by atoms with Crippen LogP contribution in [-0.2, 0) is 4.79 Å². The summed E-state index contributed by atoms with van der Waals surface area (Å²) in [6.07, 6.45) is 8.36. The molecule has 2 fully saturated rings. The molecule has 2 aliphatic rings. The highest BCUT2D eigenvalue weighted by Crippen LogP contribution is 2.30. The zero-order valence-corrected chi connectivity index (χ0v) is 11.9. The summed E-state index contributed by atoms with van der Waals surface area (Å²) in [6, 6.07) is 0.487. The Kier molecular flexibility index (Phi) is 5.04. The van der Waals surface area contributed by atoms with Crippen LogP contribution in [0.1, 0.15) is 58.8 Å². The van der Waals surface area contributed by atoms with Gasteiger partial charge in [-0.05, 0) is 44.1 Å². The van der Waals surface area contributed by atoms with Crippen LogP contribution in [0.15, 0.2) is 0 Å². The molecule has 1 aliphatic heterocycles. The number of hydrogen-bond donors (Lipinski definition) is 2. The second kappa shape index (κ2) is 6.55. The zero-order chi connectivity index (χ0) is 13.0. The Morgan fingerprint density at radius 3 is 2.67 bits per heavy atom. The van der Waals surface area contributed by atoms with Crippen molar-refractivity contribution in [1.29, 1.82) is 0 Å². The summed E-state index contributed by atoms with van der Waals surface area (Å²) in [5.41, 5.74) is 0. The highest BCUT2D eigenvalue weighted by atomic mass is 16.2. The molecule has 2 N–H and O–H groups in total. The van der Waals surface area contributed by atoms with Crippen LogP contribution in [0.2, 0.25) is 0 Å². The molecular formula is C15H28N2O. The summed E-state index contributed by atoms with van der Waals surface area (Å²) < 4.78 is 0. The van der Waals surface area contributed by atoms with Crippen molar-refractivity contribution in [2.24, 2.45) is 11.8 Å². The van der Waals surface area contributed by atoms with E-state index in [2.05, 4.69) is 24.5 Å². The van der Waals surface area contributed by atoms with Gasteiger partial charge < -0.3 is 10.6 Å². The van der Waals surface area contributed by atoms with Gasteiger partial charge in [-0.15, -0.1) is 0 Å². The van der Waals surface area contributed by atoms with E-state index in [0.29, 0.717) is 6.04 Å². The highest BCUT2D eigenvalue weighted by molar-refractivity contribution is 5.82. The average Bonchev–Trinajstić information content (AvgIpc) is 2.40. The van der Waals surface area contributed by atoms with Crippen molar-refractivity contribution in [1.82, 2.24) is 10.6 Å². The van der Waals surface area contributed by atoms with E-state index in [1.807, 2.05) is 0 Å². The summed E-state index contributed by atoms with van der Waals surface area (Å²) >= 11 is 0. The summed E-state index contributed by atoms with van der Waals surface area (Å²) in [4.78, 5) is 12.2. The van der Waals surface area contributed by atoms with Crippen LogP contribution in [0, 0.1) is 11.8 Å². The maximum Gasteiger partial charge on any atom is 0.237 e. The Hall–Kier alpha value is -0.570. The normalized spacial score (nSPS) is 33.4. The lowest BCUT2D eigenvalue weighted by Gasteiger charge is -2.33. The first-order valence-electron chi connectivity index (χ1n) is 7.70. The van der Waals surface area contributed by atoms with Crippen molar-refractivity contribution in [3.8, 4) is 0 Å². The van der Waals surface area contributed by atoms with E-state index >= 15 is 0 Å². The van der Waals surface area contributed by atoms with Gasteiger partial charge in [0.2, 0.25) is 5.91 Å². The Bertz CT molecular complexity index is 272. The molecule has 1 amide bonds. The van der Waals surface area contributed by atoms with Gasteiger partial charge in [-0.1, -0.05) is 33.1 Å². The zero-order valence-electron chi connectivity index (χ0n) is 11.9. The maximum absolute atomic E-state index is 12.2. The predicted octanol–water partition coefficient (Wildman–Crippen LogP) is 2.46. The second-order valence-corrected chi connectivity index (χ2v) is 6.38. The molecule has 1 aliphatic carbocycles. The maximum atomic E-state index is 12.2. The van der Waals surface area contributed by atoms with Gasteiger partial charge in [0.05, 0.1) is 6.04 Å². The van der Waals surface area contributed by atoms with E-state index in [-0.39, 0.29) is 11.9 Å². The van der Waals surface area contributed by atoms with Gasteiger partial charge in [0.25, 0.3) is 0 Å². The Morgan fingerprint density at radius 2 is 2.00 bits per heavy atom. The lowest BCUT2D eigenvalue weighted by atomic mass is 9.79. The molecular weight excluding hydrogens is 224 g/mol. The highest BCUT2D eigenvalue weighted by Gasteiger charge is 2.27. The van der Waals surface area contributed by atoms with E-state index in [1.165, 1.54) is 38.5 Å². The van der Waals surface area contributed by atoms with Crippen molar-refractivity contribution in [3.63, 3.8) is 0 Å². The van der Waals surface area contributed by atoms with Crippen molar-refractivity contribution in [2.45, 2.75) is 70.9 Å². The molecule has 1 heterocycles. The molecule has 0 bridgehead atoms.